The van der Waals surface area contributed by atoms with Crippen molar-refractivity contribution >= 4 is 34.9 Å². The number of thioether (sulfide) groups is 1. The lowest BCUT2D eigenvalue weighted by Crippen LogP contribution is -2.40. The number of nitrogens with one attached hydrogen (secondary N) is 1. The van der Waals surface area contributed by atoms with E-state index in [0.717, 1.165) is 22.2 Å². The van der Waals surface area contributed by atoms with Gasteiger partial charge in [0.05, 0.1) is 11.5 Å². The molecule has 21 heavy (non-hydrogen) atoms. The summed E-state index contributed by atoms with van der Waals surface area (Å²) >= 11 is 0.812. The summed E-state index contributed by atoms with van der Waals surface area (Å²) in [6.45, 7) is -0.437. The fourth-order valence-corrected chi connectivity index (χ4v) is 2.57. The molecule has 0 atom stereocenters. The van der Waals surface area contributed by atoms with Gasteiger partial charge in [-0.2, -0.15) is 0 Å². The lowest BCUT2D eigenvalue weighted by atomic mass is 10.2. The van der Waals surface area contributed by atoms with Gasteiger partial charge in [0.25, 0.3) is 11.1 Å². The number of amides is 3. The quantitative estimate of drug-likeness (QED) is 0.787. The van der Waals surface area contributed by atoms with Gasteiger partial charge in [0, 0.05) is 6.54 Å². The lowest BCUT2D eigenvalue weighted by molar-refractivity contribution is -0.129. The number of carbonyl (C=O) groups is 3. The van der Waals surface area contributed by atoms with Crippen LogP contribution >= 0.6 is 11.8 Å². The number of aliphatic hydroxyl groups excluding tert-OH is 1. The maximum Gasteiger partial charge on any atom is 0.294 e. The molecule has 0 aromatic heterocycles. The Morgan fingerprint density at radius 2 is 2.00 bits per heavy atom. The van der Waals surface area contributed by atoms with Crippen LogP contribution in [0.1, 0.15) is 5.56 Å². The second-order valence-electron chi connectivity index (χ2n) is 4.25. The molecular formula is C14H14N2O4S. The van der Waals surface area contributed by atoms with Crippen molar-refractivity contribution in [3.8, 4) is 0 Å². The molecule has 1 aliphatic rings. The van der Waals surface area contributed by atoms with Gasteiger partial charge in [-0.05, 0) is 23.4 Å². The highest BCUT2D eigenvalue weighted by molar-refractivity contribution is 8.18. The van der Waals surface area contributed by atoms with Crippen molar-refractivity contribution in [3.63, 3.8) is 0 Å². The predicted octanol–water partition coefficient (Wildman–Crippen LogP) is 0.831. The van der Waals surface area contributed by atoms with Crippen LogP contribution in [-0.2, 0) is 9.59 Å². The number of rotatable bonds is 5. The molecule has 2 rings (SSSR count). The summed E-state index contributed by atoms with van der Waals surface area (Å²) < 4.78 is 0. The number of carbonyl (C=O) groups excluding carboxylic acids is 3. The maximum atomic E-state index is 12.1. The van der Waals surface area contributed by atoms with Gasteiger partial charge in [-0.15, -0.1) is 0 Å². The van der Waals surface area contributed by atoms with Gasteiger partial charge < -0.3 is 10.4 Å². The Kier molecular flexibility index (Phi) is 5.13. The zero-order chi connectivity index (χ0) is 15.2. The first-order chi connectivity index (χ1) is 10.1. The summed E-state index contributed by atoms with van der Waals surface area (Å²) in [5.41, 5.74) is 0.813. The monoisotopic (exact) mass is 306 g/mol. The molecule has 1 aromatic carbocycles. The van der Waals surface area contributed by atoms with Crippen molar-refractivity contribution in [1.29, 1.82) is 0 Å². The Labute approximate surface area is 125 Å². The number of nitrogens with zero attached hydrogens (tertiary/aromatic N) is 1. The molecular weight excluding hydrogens is 292 g/mol. The van der Waals surface area contributed by atoms with Gasteiger partial charge in [0.2, 0.25) is 5.91 Å². The van der Waals surface area contributed by atoms with E-state index in [1.165, 1.54) is 0 Å². The van der Waals surface area contributed by atoms with Crippen molar-refractivity contribution < 1.29 is 19.5 Å². The van der Waals surface area contributed by atoms with Crippen LogP contribution in [0, 0.1) is 0 Å². The highest BCUT2D eigenvalue weighted by Gasteiger charge is 2.36. The van der Waals surface area contributed by atoms with E-state index in [9.17, 15) is 14.4 Å². The van der Waals surface area contributed by atoms with E-state index in [1.54, 1.807) is 6.08 Å². The summed E-state index contributed by atoms with van der Waals surface area (Å²) in [4.78, 5) is 36.6. The van der Waals surface area contributed by atoms with Crippen molar-refractivity contribution in [2.45, 2.75) is 0 Å². The molecule has 0 unspecified atom stereocenters. The Bertz CT molecular complexity index is 586. The number of aliphatic hydroxyl groups is 1. The number of imide groups is 1. The smallest absolute Gasteiger partial charge is 0.294 e. The average Bonchev–Trinajstić information content (AvgIpc) is 2.74. The number of hydrogen-bond donors (Lipinski definition) is 2. The molecule has 0 aliphatic carbocycles. The van der Waals surface area contributed by atoms with Crippen LogP contribution in [0.15, 0.2) is 35.2 Å². The largest absolute Gasteiger partial charge is 0.395 e. The Hall–Kier alpha value is -2.12. The van der Waals surface area contributed by atoms with Crippen LogP contribution in [0.2, 0.25) is 0 Å². The molecule has 0 radical (unpaired) electrons. The predicted molar refractivity (Wildman–Crippen MR) is 79.2 cm³/mol. The molecule has 1 fully saturated rings. The second kappa shape index (κ2) is 7.05. The minimum atomic E-state index is -0.479. The normalized spacial score (nSPS) is 16.6. The molecule has 6 nitrogen and oxygen atoms in total. The molecule has 0 saturated carbocycles. The fourth-order valence-electron chi connectivity index (χ4n) is 1.73. The summed E-state index contributed by atoms with van der Waals surface area (Å²) in [5, 5.41) is 10.5. The molecule has 110 valence electrons. The molecule has 1 aliphatic heterocycles. The minimum absolute atomic E-state index is 0.0922. The van der Waals surface area contributed by atoms with Crippen molar-refractivity contribution in [2.24, 2.45) is 0 Å². The second-order valence-corrected chi connectivity index (χ2v) is 5.25. The van der Waals surface area contributed by atoms with Crippen LogP contribution in [0.4, 0.5) is 4.79 Å². The van der Waals surface area contributed by atoms with E-state index in [4.69, 9.17) is 5.11 Å². The van der Waals surface area contributed by atoms with Gasteiger partial charge in [-0.1, -0.05) is 30.3 Å². The minimum Gasteiger partial charge on any atom is -0.395 e. The zero-order valence-electron chi connectivity index (χ0n) is 11.1. The van der Waals surface area contributed by atoms with Gasteiger partial charge in [0.15, 0.2) is 0 Å². The van der Waals surface area contributed by atoms with E-state index in [-0.39, 0.29) is 19.7 Å². The molecule has 7 heteroatoms. The highest BCUT2D eigenvalue weighted by atomic mass is 32.2. The van der Waals surface area contributed by atoms with Crippen molar-refractivity contribution in [2.75, 3.05) is 19.7 Å². The van der Waals surface area contributed by atoms with Crippen molar-refractivity contribution in [3.05, 3.63) is 40.8 Å². The molecule has 3 amide bonds. The summed E-state index contributed by atoms with van der Waals surface area (Å²) in [6, 6.07) is 9.16. The van der Waals surface area contributed by atoms with Crippen LogP contribution in [0.25, 0.3) is 6.08 Å². The Morgan fingerprint density at radius 1 is 1.29 bits per heavy atom. The topological polar surface area (TPSA) is 86.7 Å². The molecule has 1 aromatic rings. The molecule has 1 heterocycles. The lowest BCUT2D eigenvalue weighted by Gasteiger charge is -2.11. The third kappa shape index (κ3) is 3.93. The highest BCUT2D eigenvalue weighted by Crippen LogP contribution is 2.31. The van der Waals surface area contributed by atoms with Crippen LogP contribution in [-0.4, -0.2) is 46.8 Å². The van der Waals surface area contributed by atoms with E-state index in [0.29, 0.717) is 4.91 Å². The zero-order valence-corrected chi connectivity index (χ0v) is 11.9. The van der Waals surface area contributed by atoms with E-state index in [2.05, 4.69) is 5.32 Å². The molecule has 2 N–H and O–H groups in total. The van der Waals surface area contributed by atoms with Crippen LogP contribution < -0.4 is 5.32 Å². The summed E-state index contributed by atoms with van der Waals surface area (Å²) in [7, 11) is 0. The Morgan fingerprint density at radius 3 is 2.67 bits per heavy atom. The molecule has 0 bridgehead atoms. The number of hydrogen-bond acceptors (Lipinski definition) is 5. The van der Waals surface area contributed by atoms with Crippen molar-refractivity contribution in [1.82, 2.24) is 10.2 Å². The van der Waals surface area contributed by atoms with E-state index >= 15 is 0 Å². The third-order valence-electron chi connectivity index (χ3n) is 2.71. The summed E-state index contributed by atoms with van der Waals surface area (Å²) in [5.74, 6) is -0.958. The van der Waals surface area contributed by atoms with Crippen LogP contribution in [0.3, 0.4) is 0 Å². The van der Waals surface area contributed by atoms with Crippen LogP contribution in [0.5, 0.6) is 0 Å². The molecule has 0 spiro atoms. The van der Waals surface area contributed by atoms with E-state index < -0.39 is 17.1 Å². The maximum absolute atomic E-state index is 12.1. The van der Waals surface area contributed by atoms with Gasteiger partial charge >= 0.3 is 0 Å². The van der Waals surface area contributed by atoms with Gasteiger partial charge in [-0.3, -0.25) is 19.3 Å². The van der Waals surface area contributed by atoms with E-state index in [1.807, 2.05) is 30.3 Å². The SMILES string of the molecule is O=C(CN1C(=O)S/C(=C\c2ccccc2)C1=O)NCCO. The standard InChI is InChI=1S/C14H14N2O4S/c17-7-6-15-12(18)9-16-13(19)11(21-14(16)20)8-10-4-2-1-3-5-10/h1-5,8,17H,6-7,9H2,(H,15,18)/b11-8-. The third-order valence-corrected chi connectivity index (χ3v) is 3.61. The first-order valence-corrected chi connectivity index (χ1v) is 7.11. The van der Waals surface area contributed by atoms with Gasteiger partial charge in [0.1, 0.15) is 6.54 Å². The fraction of sp³-hybridized carbons (Fsp3) is 0.214. The Balaban J connectivity index is 2.06. The molecule has 1 saturated heterocycles. The summed E-state index contributed by atoms with van der Waals surface area (Å²) in [6.07, 6.45) is 1.62. The first-order valence-electron chi connectivity index (χ1n) is 6.30. The number of benzene rings is 1. The average molecular weight is 306 g/mol. The first kappa shape index (κ1) is 15.3. The van der Waals surface area contributed by atoms with Gasteiger partial charge in [-0.25, -0.2) is 0 Å².